The molecule has 0 saturated heterocycles. The van der Waals surface area contributed by atoms with E-state index in [9.17, 15) is 0 Å². The van der Waals surface area contributed by atoms with Crippen LogP contribution in [0.5, 0.6) is 0 Å². The van der Waals surface area contributed by atoms with Gasteiger partial charge in [-0.1, -0.05) is 53.4 Å². The van der Waals surface area contributed by atoms with Crippen molar-refractivity contribution in [3.8, 4) is 0 Å². The molecule has 1 saturated carbocycles. The van der Waals surface area contributed by atoms with Gasteiger partial charge in [0.2, 0.25) is 0 Å². The fourth-order valence-corrected chi connectivity index (χ4v) is 3.43. The van der Waals surface area contributed by atoms with Gasteiger partial charge in [0.25, 0.3) is 0 Å². The minimum atomic E-state index is 0.781. The van der Waals surface area contributed by atoms with E-state index in [1.54, 1.807) is 0 Å². The third kappa shape index (κ3) is 5.42. The van der Waals surface area contributed by atoms with Crippen molar-refractivity contribution in [1.82, 2.24) is 5.32 Å². The van der Waals surface area contributed by atoms with Crippen LogP contribution in [0, 0.1) is 23.7 Å². The zero-order valence-electron chi connectivity index (χ0n) is 12.5. The van der Waals surface area contributed by atoms with Crippen molar-refractivity contribution in [2.24, 2.45) is 23.7 Å². The molecule has 3 unspecified atom stereocenters. The van der Waals surface area contributed by atoms with Gasteiger partial charge in [-0.25, -0.2) is 0 Å². The fraction of sp³-hybridized carbons (Fsp3) is 1.00. The van der Waals surface area contributed by atoms with E-state index < -0.39 is 0 Å². The molecule has 102 valence electrons. The minimum Gasteiger partial charge on any atom is -0.316 e. The molecule has 1 fully saturated rings. The average Bonchev–Trinajstić information content (AvgIpc) is 2.34. The molecule has 1 nitrogen and oxygen atoms in total. The second-order valence-corrected chi connectivity index (χ2v) is 6.48. The number of nitrogens with one attached hydrogen (secondary N) is 1. The molecule has 0 amide bonds. The van der Waals surface area contributed by atoms with Crippen LogP contribution >= 0.6 is 0 Å². The maximum absolute atomic E-state index is 3.59. The first-order valence-electron chi connectivity index (χ1n) is 7.85. The molecule has 0 aromatic carbocycles. The van der Waals surface area contributed by atoms with E-state index in [1.807, 2.05) is 0 Å². The lowest BCUT2D eigenvalue weighted by atomic mass is 9.71. The Balaban J connectivity index is 2.22. The molecule has 1 rings (SSSR count). The van der Waals surface area contributed by atoms with Crippen LogP contribution in [-0.2, 0) is 0 Å². The molecule has 0 bridgehead atoms. The smallest absolute Gasteiger partial charge is 0.00258 e. The highest BCUT2D eigenvalue weighted by atomic mass is 14.8. The topological polar surface area (TPSA) is 12.0 Å². The van der Waals surface area contributed by atoms with Crippen LogP contribution in [0.4, 0.5) is 0 Å². The van der Waals surface area contributed by atoms with Gasteiger partial charge in [0.05, 0.1) is 0 Å². The van der Waals surface area contributed by atoms with Crippen LogP contribution in [0.25, 0.3) is 0 Å². The SMILES string of the molecule is CCC1CCCCC1C(C)CCNCC(C)C. The van der Waals surface area contributed by atoms with Gasteiger partial charge in [-0.05, 0) is 49.6 Å². The molecule has 0 aromatic heterocycles. The van der Waals surface area contributed by atoms with Gasteiger partial charge in [-0.3, -0.25) is 0 Å². The second kappa shape index (κ2) is 8.13. The Bertz CT molecular complexity index is 188. The van der Waals surface area contributed by atoms with Gasteiger partial charge in [0.15, 0.2) is 0 Å². The maximum atomic E-state index is 3.59. The highest BCUT2D eigenvalue weighted by Gasteiger charge is 2.27. The summed E-state index contributed by atoms with van der Waals surface area (Å²) in [6.45, 7) is 11.8. The van der Waals surface area contributed by atoms with Crippen molar-refractivity contribution < 1.29 is 0 Å². The van der Waals surface area contributed by atoms with Crippen LogP contribution in [0.3, 0.4) is 0 Å². The molecule has 1 heteroatoms. The van der Waals surface area contributed by atoms with Crippen LogP contribution < -0.4 is 5.32 Å². The largest absolute Gasteiger partial charge is 0.316 e. The number of hydrogen-bond acceptors (Lipinski definition) is 1. The second-order valence-electron chi connectivity index (χ2n) is 6.48. The molecule has 0 aromatic rings. The first kappa shape index (κ1) is 15.0. The normalized spacial score (nSPS) is 27.4. The van der Waals surface area contributed by atoms with Gasteiger partial charge in [0, 0.05) is 0 Å². The van der Waals surface area contributed by atoms with E-state index in [0.717, 1.165) is 23.7 Å². The first-order chi connectivity index (χ1) is 8.15. The van der Waals surface area contributed by atoms with E-state index in [0.29, 0.717) is 0 Å². The Morgan fingerprint density at radius 3 is 2.47 bits per heavy atom. The van der Waals surface area contributed by atoms with Gasteiger partial charge < -0.3 is 5.32 Å². The molecule has 0 heterocycles. The van der Waals surface area contributed by atoms with E-state index >= 15 is 0 Å². The molecule has 3 atom stereocenters. The number of hydrogen-bond donors (Lipinski definition) is 1. The van der Waals surface area contributed by atoms with Crippen molar-refractivity contribution >= 4 is 0 Å². The standard InChI is InChI=1S/C16H33N/c1-5-15-8-6-7-9-16(15)14(4)10-11-17-12-13(2)3/h13-17H,5-12H2,1-4H3. The van der Waals surface area contributed by atoms with Crippen molar-refractivity contribution in [3.63, 3.8) is 0 Å². The molecule has 0 spiro atoms. The van der Waals surface area contributed by atoms with Crippen molar-refractivity contribution in [2.75, 3.05) is 13.1 Å². The summed E-state index contributed by atoms with van der Waals surface area (Å²) in [5, 5.41) is 3.59. The highest BCUT2D eigenvalue weighted by Crippen LogP contribution is 2.37. The predicted octanol–water partition coefficient (Wildman–Crippen LogP) is 4.47. The van der Waals surface area contributed by atoms with Gasteiger partial charge >= 0.3 is 0 Å². The molecular weight excluding hydrogens is 206 g/mol. The summed E-state index contributed by atoms with van der Waals surface area (Å²) in [6.07, 6.45) is 8.70. The summed E-state index contributed by atoms with van der Waals surface area (Å²) in [5.41, 5.74) is 0. The summed E-state index contributed by atoms with van der Waals surface area (Å²) in [7, 11) is 0. The third-order valence-corrected chi connectivity index (χ3v) is 4.55. The van der Waals surface area contributed by atoms with E-state index in [4.69, 9.17) is 0 Å². The lowest BCUT2D eigenvalue weighted by molar-refractivity contribution is 0.159. The number of rotatable bonds is 7. The zero-order chi connectivity index (χ0) is 12.7. The maximum Gasteiger partial charge on any atom is -0.00258 e. The average molecular weight is 239 g/mol. The van der Waals surface area contributed by atoms with E-state index in [-0.39, 0.29) is 0 Å². The molecule has 17 heavy (non-hydrogen) atoms. The van der Waals surface area contributed by atoms with Gasteiger partial charge in [-0.15, -0.1) is 0 Å². The summed E-state index contributed by atoms with van der Waals surface area (Å²) >= 11 is 0. The molecular formula is C16H33N. The molecule has 1 aliphatic rings. The Kier molecular flexibility index (Phi) is 7.18. The van der Waals surface area contributed by atoms with Crippen LogP contribution in [0.15, 0.2) is 0 Å². The molecule has 0 aliphatic heterocycles. The predicted molar refractivity (Wildman–Crippen MR) is 77.2 cm³/mol. The fourth-order valence-electron chi connectivity index (χ4n) is 3.43. The monoisotopic (exact) mass is 239 g/mol. The zero-order valence-corrected chi connectivity index (χ0v) is 12.5. The van der Waals surface area contributed by atoms with E-state index in [1.165, 1.54) is 51.6 Å². The molecule has 1 N–H and O–H groups in total. The quantitative estimate of drug-likeness (QED) is 0.646. The van der Waals surface area contributed by atoms with Crippen molar-refractivity contribution in [2.45, 2.75) is 66.2 Å². The Morgan fingerprint density at radius 2 is 1.82 bits per heavy atom. The summed E-state index contributed by atoms with van der Waals surface area (Å²) in [4.78, 5) is 0. The van der Waals surface area contributed by atoms with Gasteiger partial charge in [0.1, 0.15) is 0 Å². The van der Waals surface area contributed by atoms with Crippen LogP contribution in [-0.4, -0.2) is 13.1 Å². The first-order valence-corrected chi connectivity index (χ1v) is 7.85. The minimum absolute atomic E-state index is 0.781. The van der Waals surface area contributed by atoms with Crippen molar-refractivity contribution in [1.29, 1.82) is 0 Å². The van der Waals surface area contributed by atoms with Crippen molar-refractivity contribution in [3.05, 3.63) is 0 Å². The Labute approximate surface area is 109 Å². The van der Waals surface area contributed by atoms with Crippen LogP contribution in [0.1, 0.15) is 66.2 Å². The molecule has 1 aliphatic carbocycles. The lowest BCUT2D eigenvalue weighted by Crippen LogP contribution is -2.28. The molecule has 0 radical (unpaired) electrons. The third-order valence-electron chi connectivity index (χ3n) is 4.55. The summed E-state index contributed by atoms with van der Waals surface area (Å²) in [5.74, 6) is 3.72. The van der Waals surface area contributed by atoms with Crippen LogP contribution in [0.2, 0.25) is 0 Å². The van der Waals surface area contributed by atoms with E-state index in [2.05, 4.69) is 33.0 Å². The summed E-state index contributed by atoms with van der Waals surface area (Å²) in [6, 6.07) is 0. The highest BCUT2D eigenvalue weighted by molar-refractivity contribution is 4.78. The lowest BCUT2D eigenvalue weighted by Gasteiger charge is -2.35. The van der Waals surface area contributed by atoms with Gasteiger partial charge in [-0.2, -0.15) is 0 Å². The Morgan fingerprint density at radius 1 is 1.12 bits per heavy atom. The Hall–Kier alpha value is -0.0400. The summed E-state index contributed by atoms with van der Waals surface area (Å²) < 4.78 is 0.